The maximum atomic E-state index is 5.51. The molecule has 4 rings (SSSR count). The molecular weight excluding hydrogens is 300 g/mol. The lowest BCUT2D eigenvalue weighted by atomic mass is 10.0. The van der Waals surface area contributed by atoms with Crippen LogP contribution in [0.25, 0.3) is 22.5 Å². The van der Waals surface area contributed by atoms with E-state index in [1.807, 2.05) is 36.4 Å². The van der Waals surface area contributed by atoms with Crippen molar-refractivity contribution in [1.29, 1.82) is 0 Å². The number of rotatable bonds is 3. The molecule has 0 amide bonds. The molecule has 1 aliphatic rings. The Morgan fingerprint density at radius 2 is 1.21 bits per heavy atom. The Labute approximate surface area is 140 Å². The van der Waals surface area contributed by atoms with E-state index in [0.717, 1.165) is 41.3 Å². The molecule has 0 radical (unpaired) electrons. The van der Waals surface area contributed by atoms with Crippen molar-refractivity contribution in [2.45, 2.75) is 0 Å². The third-order valence-corrected chi connectivity index (χ3v) is 4.16. The lowest BCUT2D eigenvalue weighted by Gasteiger charge is -2.31. The Morgan fingerprint density at radius 1 is 0.708 bits per heavy atom. The van der Waals surface area contributed by atoms with E-state index >= 15 is 0 Å². The van der Waals surface area contributed by atoms with Gasteiger partial charge in [0, 0.05) is 24.2 Å². The summed E-state index contributed by atoms with van der Waals surface area (Å²) < 4.78 is 5.51. The summed E-state index contributed by atoms with van der Waals surface area (Å²) in [5.41, 5.74) is 4.86. The van der Waals surface area contributed by atoms with Crippen LogP contribution >= 0.6 is 0 Å². The highest BCUT2D eigenvalue weighted by molar-refractivity contribution is 5.86. The molecule has 0 aliphatic carbocycles. The SMILES string of the molecule is c1ccc(-c2nnnc(-c3ccccc3)c2N2CCOCC2)cc1. The summed E-state index contributed by atoms with van der Waals surface area (Å²) in [7, 11) is 0. The number of anilines is 1. The molecule has 2 heterocycles. The summed E-state index contributed by atoms with van der Waals surface area (Å²) >= 11 is 0. The summed E-state index contributed by atoms with van der Waals surface area (Å²) in [6, 6.07) is 20.3. The van der Waals surface area contributed by atoms with Crippen molar-refractivity contribution in [3.05, 3.63) is 60.7 Å². The number of nitrogens with zero attached hydrogens (tertiary/aromatic N) is 4. The second-order valence-electron chi connectivity index (χ2n) is 5.67. The van der Waals surface area contributed by atoms with E-state index in [9.17, 15) is 0 Å². The van der Waals surface area contributed by atoms with Gasteiger partial charge in [0.05, 0.1) is 18.9 Å². The Bertz CT molecular complexity index is 744. The predicted molar refractivity (Wildman–Crippen MR) is 93.7 cm³/mol. The van der Waals surface area contributed by atoms with E-state index in [4.69, 9.17) is 4.74 Å². The van der Waals surface area contributed by atoms with Gasteiger partial charge in [-0.2, -0.15) is 0 Å². The van der Waals surface area contributed by atoms with Crippen molar-refractivity contribution in [1.82, 2.24) is 15.4 Å². The number of benzene rings is 2. The van der Waals surface area contributed by atoms with Gasteiger partial charge in [0.25, 0.3) is 0 Å². The molecule has 24 heavy (non-hydrogen) atoms. The second-order valence-corrected chi connectivity index (χ2v) is 5.67. The fourth-order valence-electron chi connectivity index (χ4n) is 2.99. The number of aromatic nitrogens is 3. The van der Waals surface area contributed by atoms with E-state index in [1.54, 1.807) is 0 Å². The summed E-state index contributed by atoms with van der Waals surface area (Å²) in [6.07, 6.45) is 0. The second kappa shape index (κ2) is 6.76. The molecule has 3 aromatic rings. The van der Waals surface area contributed by atoms with Crippen molar-refractivity contribution in [2.24, 2.45) is 0 Å². The van der Waals surface area contributed by atoms with Crippen LogP contribution in [-0.4, -0.2) is 41.7 Å². The van der Waals surface area contributed by atoms with E-state index in [2.05, 4.69) is 44.6 Å². The first kappa shape index (κ1) is 14.8. The zero-order valence-corrected chi connectivity index (χ0v) is 13.3. The molecule has 5 nitrogen and oxygen atoms in total. The maximum absolute atomic E-state index is 5.51. The highest BCUT2D eigenvalue weighted by Crippen LogP contribution is 2.36. The first-order valence-electron chi connectivity index (χ1n) is 8.10. The van der Waals surface area contributed by atoms with Crippen LogP contribution in [0.5, 0.6) is 0 Å². The zero-order valence-electron chi connectivity index (χ0n) is 13.3. The van der Waals surface area contributed by atoms with Crippen LogP contribution in [0.3, 0.4) is 0 Å². The van der Waals surface area contributed by atoms with Crippen LogP contribution < -0.4 is 4.90 Å². The van der Waals surface area contributed by atoms with E-state index in [0.29, 0.717) is 13.2 Å². The predicted octanol–water partition coefficient (Wildman–Crippen LogP) is 3.04. The average Bonchev–Trinajstić information content (AvgIpc) is 2.69. The Morgan fingerprint density at radius 3 is 1.71 bits per heavy atom. The monoisotopic (exact) mass is 318 g/mol. The van der Waals surface area contributed by atoms with Gasteiger partial charge in [0.1, 0.15) is 11.4 Å². The molecule has 1 fully saturated rings. The number of ether oxygens (including phenoxy) is 1. The molecule has 1 saturated heterocycles. The normalized spacial score (nSPS) is 14.6. The van der Waals surface area contributed by atoms with Crippen LogP contribution in [-0.2, 0) is 4.74 Å². The van der Waals surface area contributed by atoms with Gasteiger partial charge < -0.3 is 9.64 Å². The van der Waals surface area contributed by atoms with Crippen molar-refractivity contribution in [2.75, 3.05) is 31.2 Å². The first-order valence-corrected chi connectivity index (χ1v) is 8.10. The standard InChI is InChI=1S/C19H18N4O/c1-3-7-15(8-4-1)17-19(23-11-13-24-14-12-23)18(21-22-20-17)16-9-5-2-6-10-16/h1-10H,11-14H2. The summed E-state index contributed by atoms with van der Waals surface area (Å²) in [6.45, 7) is 3.08. The smallest absolute Gasteiger partial charge is 0.120 e. The topological polar surface area (TPSA) is 51.1 Å². The molecule has 1 aliphatic heterocycles. The van der Waals surface area contributed by atoms with Crippen LogP contribution in [0, 0.1) is 0 Å². The number of morpholine rings is 1. The van der Waals surface area contributed by atoms with Gasteiger partial charge >= 0.3 is 0 Å². The molecule has 0 unspecified atom stereocenters. The van der Waals surface area contributed by atoms with Crippen LogP contribution in [0.1, 0.15) is 0 Å². The summed E-state index contributed by atoms with van der Waals surface area (Å²) in [5, 5.41) is 12.8. The molecule has 0 N–H and O–H groups in total. The molecule has 0 atom stereocenters. The minimum Gasteiger partial charge on any atom is -0.378 e. The lowest BCUT2D eigenvalue weighted by Crippen LogP contribution is -2.37. The lowest BCUT2D eigenvalue weighted by molar-refractivity contribution is 0.122. The Kier molecular flexibility index (Phi) is 4.16. The number of hydrogen-bond donors (Lipinski definition) is 0. The maximum Gasteiger partial charge on any atom is 0.120 e. The molecule has 0 saturated carbocycles. The van der Waals surface area contributed by atoms with Gasteiger partial charge in [0.2, 0.25) is 0 Å². The molecule has 1 aromatic heterocycles. The molecule has 0 spiro atoms. The zero-order chi connectivity index (χ0) is 16.2. The molecule has 0 bridgehead atoms. The fourth-order valence-corrected chi connectivity index (χ4v) is 2.99. The van der Waals surface area contributed by atoms with E-state index < -0.39 is 0 Å². The molecular formula is C19H18N4O. The molecule has 2 aromatic carbocycles. The minimum atomic E-state index is 0.713. The Hall–Kier alpha value is -2.79. The summed E-state index contributed by atoms with van der Waals surface area (Å²) in [4.78, 5) is 2.30. The van der Waals surface area contributed by atoms with Gasteiger partial charge in [0.15, 0.2) is 0 Å². The van der Waals surface area contributed by atoms with Crippen LogP contribution in [0.4, 0.5) is 5.69 Å². The van der Waals surface area contributed by atoms with Crippen LogP contribution in [0.2, 0.25) is 0 Å². The van der Waals surface area contributed by atoms with Crippen molar-refractivity contribution in [3.8, 4) is 22.5 Å². The van der Waals surface area contributed by atoms with Gasteiger partial charge in [-0.15, -0.1) is 10.2 Å². The van der Waals surface area contributed by atoms with Crippen molar-refractivity contribution < 1.29 is 4.74 Å². The van der Waals surface area contributed by atoms with Gasteiger partial charge in [-0.25, -0.2) is 0 Å². The third-order valence-electron chi connectivity index (χ3n) is 4.16. The quantitative estimate of drug-likeness (QED) is 0.743. The minimum absolute atomic E-state index is 0.713. The first-order chi connectivity index (χ1) is 11.9. The van der Waals surface area contributed by atoms with Crippen molar-refractivity contribution >= 4 is 5.69 Å². The summed E-state index contributed by atoms with van der Waals surface area (Å²) in [5.74, 6) is 0. The Balaban J connectivity index is 1.90. The number of hydrogen-bond acceptors (Lipinski definition) is 5. The average molecular weight is 318 g/mol. The van der Waals surface area contributed by atoms with Gasteiger partial charge in [-0.3, -0.25) is 0 Å². The van der Waals surface area contributed by atoms with Gasteiger partial charge in [-0.05, 0) is 5.21 Å². The fraction of sp³-hybridized carbons (Fsp3) is 0.211. The molecule has 120 valence electrons. The third kappa shape index (κ3) is 2.86. The van der Waals surface area contributed by atoms with Gasteiger partial charge in [-0.1, -0.05) is 60.7 Å². The molecule has 5 heteroatoms. The van der Waals surface area contributed by atoms with E-state index in [-0.39, 0.29) is 0 Å². The van der Waals surface area contributed by atoms with Crippen molar-refractivity contribution in [3.63, 3.8) is 0 Å². The largest absolute Gasteiger partial charge is 0.378 e. The highest BCUT2D eigenvalue weighted by Gasteiger charge is 2.23. The van der Waals surface area contributed by atoms with Crippen LogP contribution in [0.15, 0.2) is 60.7 Å². The van der Waals surface area contributed by atoms with E-state index in [1.165, 1.54) is 0 Å². The highest BCUT2D eigenvalue weighted by atomic mass is 16.5.